The summed E-state index contributed by atoms with van der Waals surface area (Å²) in [5, 5.41) is 9.40. The molecule has 1 N–H and O–H groups in total. The number of rotatable bonds is 9. The van der Waals surface area contributed by atoms with E-state index in [1.807, 2.05) is 25.1 Å². The summed E-state index contributed by atoms with van der Waals surface area (Å²) in [5.41, 5.74) is 1.21. The lowest BCUT2D eigenvalue weighted by atomic mass is 9.95. The van der Waals surface area contributed by atoms with E-state index in [-0.39, 0.29) is 6.61 Å². The van der Waals surface area contributed by atoms with Crippen molar-refractivity contribution in [2.45, 2.75) is 26.2 Å². The highest BCUT2D eigenvalue weighted by Crippen LogP contribution is 2.18. The van der Waals surface area contributed by atoms with Crippen LogP contribution < -0.4 is 4.74 Å². The van der Waals surface area contributed by atoms with E-state index >= 15 is 0 Å². The Morgan fingerprint density at radius 3 is 2.83 bits per heavy atom. The number of aliphatic hydroxyl groups excluding tert-OH is 1. The molecule has 1 aromatic carbocycles. The first-order valence-corrected chi connectivity index (χ1v) is 6.61. The zero-order valence-corrected chi connectivity index (χ0v) is 11.4. The molecule has 1 rings (SSSR count). The second-order valence-electron chi connectivity index (χ2n) is 4.44. The Labute approximate surface area is 110 Å². The topological polar surface area (TPSA) is 38.7 Å². The van der Waals surface area contributed by atoms with E-state index in [0.29, 0.717) is 5.92 Å². The van der Waals surface area contributed by atoms with Crippen LogP contribution >= 0.6 is 0 Å². The van der Waals surface area contributed by atoms with Crippen LogP contribution in [0.3, 0.4) is 0 Å². The van der Waals surface area contributed by atoms with Gasteiger partial charge in [0.15, 0.2) is 0 Å². The molecule has 0 aromatic heterocycles. The summed E-state index contributed by atoms with van der Waals surface area (Å²) in [6.07, 6.45) is 2.89. The van der Waals surface area contributed by atoms with Gasteiger partial charge in [-0.1, -0.05) is 12.1 Å². The summed E-state index contributed by atoms with van der Waals surface area (Å²) in [6, 6.07) is 8.04. The molecule has 102 valence electrons. The highest BCUT2D eigenvalue weighted by atomic mass is 16.5. The molecular formula is C15H24O3. The Balaban J connectivity index is 2.41. The predicted molar refractivity (Wildman–Crippen MR) is 73.0 cm³/mol. The minimum Gasteiger partial charge on any atom is -0.497 e. The molecule has 18 heavy (non-hydrogen) atoms. The van der Waals surface area contributed by atoms with Gasteiger partial charge in [-0.15, -0.1) is 0 Å². The molecule has 0 spiro atoms. The molecular weight excluding hydrogens is 228 g/mol. The Hall–Kier alpha value is -1.06. The third-order valence-electron chi connectivity index (χ3n) is 3.02. The lowest BCUT2D eigenvalue weighted by molar-refractivity contribution is 0.132. The smallest absolute Gasteiger partial charge is 0.119 e. The van der Waals surface area contributed by atoms with Crippen molar-refractivity contribution in [3.8, 4) is 5.75 Å². The summed E-state index contributed by atoms with van der Waals surface area (Å²) < 4.78 is 10.5. The van der Waals surface area contributed by atoms with Crippen LogP contribution in [0.1, 0.15) is 25.3 Å². The molecule has 0 fully saturated rings. The van der Waals surface area contributed by atoms with Gasteiger partial charge in [0.25, 0.3) is 0 Å². The van der Waals surface area contributed by atoms with Gasteiger partial charge in [0.1, 0.15) is 5.75 Å². The van der Waals surface area contributed by atoms with Crippen LogP contribution in [0.25, 0.3) is 0 Å². The largest absolute Gasteiger partial charge is 0.497 e. The van der Waals surface area contributed by atoms with Gasteiger partial charge >= 0.3 is 0 Å². The molecule has 0 aliphatic rings. The molecule has 1 aromatic rings. The maximum atomic E-state index is 9.40. The van der Waals surface area contributed by atoms with Crippen molar-refractivity contribution in [3.63, 3.8) is 0 Å². The van der Waals surface area contributed by atoms with Crippen molar-refractivity contribution in [2.24, 2.45) is 5.92 Å². The normalized spacial score (nSPS) is 12.4. The van der Waals surface area contributed by atoms with E-state index in [2.05, 4.69) is 6.07 Å². The van der Waals surface area contributed by atoms with Crippen LogP contribution in [0.4, 0.5) is 0 Å². The molecule has 0 radical (unpaired) electrons. The summed E-state index contributed by atoms with van der Waals surface area (Å²) in [6.45, 7) is 3.77. The standard InChI is InChI=1S/C15H24O3/c1-3-18-9-5-7-14(12-16)10-13-6-4-8-15(11-13)17-2/h4,6,8,11,14,16H,3,5,7,9-10,12H2,1-2H3. The third-order valence-corrected chi connectivity index (χ3v) is 3.02. The van der Waals surface area contributed by atoms with Gasteiger partial charge in [0.05, 0.1) is 7.11 Å². The average molecular weight is 252 g/mol. The fourth-order valence-electron chi connectivity index (χ4n) is 2.01. The Morgan fingerprint density at radius 2 is 2.17 bits per heavy atom. The Morgan fingerprint density at radius 1 is 1.33 bits per heavy atom. The molecule has 0 saturated heterocycles. The summed E-state index contributed by atoms with van der Waals surface area (Å²) in [5.74, 6) is 1.18. The number of aliphatic hydroxyl groups is 1. The van der Waals surface area contributed by atoms with Crippen molar-refractivity contribution >= 4 is 0 Å². The van der Waals surface area contributed by atoms with Crippen LogP contribution in [-0.4, -0.2) is 32.0 Å². The van der Waals surface area contributed by atoms with Crippen LogP contribution in [0.2, 0.25) is 0 Å². The fourth-order valence-corrected chi connectivity index (χ4v) is 2.01. The number of hydrogen-bond acceptors (Lipinski definition) is 3. The van der Waals surface area contributed by atoms with E-state index in [1.54, 1.807) is 7.11 Å². The number of hydrogen-bond donors (Lipinski definition) is 1. The number of ether oxygens (including phenoxy) is 2. The summed E-state index contributed by atoms with van der Waals surface area (Å²) in [7, 11) is 1.67. The first-order chi connectivity index (χ1) is 8.80. The molecule has 3 nitrogen and oxygen atoms in total. The highest BCUT2D eigenvalue weighted by Gasteiger charge is 2.09. The average Bonchev–Trinajstić information content (AvgIpc) is 2.42. The Kier molecular flexibility index (Phi) is 7.46. The Bertz CT molecular complexity index is 325. The molecule has 0 aliphatic heterocycles. The molecule has 1 unspecified atom stereocenters. The minimum absolute atomic E-state index is 0.226. The zero-order valence-electron chi connectivity index (χ0n) is 11.4. The summed E-state index contributed by atoms with van der Waals surface area (Å²) >= 11 is 0. The van der Waals surface area contributed by atoms with Crippen LogP contribution in [0.5, 0.6) is 5.75 Å². The monoisotopic (exact) mass is 252 g/mol. The van der Waals surface area contributed by atoms with Crippen LogP contribution in [0, 0.1) is 5.92 Å². The first-order valence-electron chi connectivity index (χ1n) is 6.61. The molecule has 0 bridgehead atoms. The van der Waals surface area contributed by atoms with Gasteiger partial charge in [-0.2, -0.15) is 0 Å². The van der Waals surface area contributed by atoms with E-state index in [0.717, 1.165) is 38.2 Å². The highest BCUT2D eigenvalue weighted by molar-refractivity contribution is 5.28. The zero-order chi connectivity index (χ0) is 13.2. The second-order valence-corrected chi connectivity index (χ2v) is 4.44. The van der Waals surface area contributed by atoms with Crippen molar-refractivity contribution in [2.75, 3.05) is 26.9 Å². The van der Waals surface area contributed by atoms with Crippen molar-refractivity contribution in [3.05, 3.63) is 29.8 Å². The number of methoxy groups -OCH3 is 1. The van der Waals surface area contributed by atoms with Gasteiger partial charge in [0.2, 0.25) is 0 Å². The third kappa shape index (κ3) is 5.52. The van der Waals surface area contributed by atoms with Crippen LogP contribution in [0.15, 0.2) is 24.3 Å². The van der Waals surface area contributed by atoms with Crippen molar-refractivity contribution < 1.29 is 14.6 Å². The van der Waals surface area contributed by atoms with Crippen molar-refractivity contribution in [1.82, 2.24) is 0 Å². The van der Waals surface area contributed by atoms with Crippen LogP contribution in [-0.2, 0) is 11.2 Å². The van der Waals surface area contributed by atoms with Gasteiger partial charge in [-0.3, -0.25) is 0 Å². The van der Waals surface area contributed by atoms with Crippen molar-refractivity contribution in [1.29, 1.82) is 0 Å². The quantitative estimate of drug-likeness (QED) is 0.687. The molecule has 3 heteroatoms. The fraction of sp³-hybridized carbons (Fsp3) is 0.600. The van der Waals surface area contributed by atoms with Gasteiger partial charge in [0, 0.05) is 19.8 Å². The SMILES string of the molecule is CCOCCCC(CO)Cc1cccc(OC)c1. The lowest BCUT2D eigenvalue weighted by Gasteiger charge is -2.14. The maximum absolute atomic E-state index is 9.40. The summed E-state index contributed by atoms with van der Waals surface area (Å²) in [4.78, 5) is 0. The molecule has 0 aliphatic carbocycles. The predicted octanol–water partition coefficient (Wildman–Crippen LogP) is 2.66. The minimum atomic E-state index is 0.226. The maximum Gasteiger partial charge on any atom is 0.119 e. The van der Waals surface area contributed by atoms with E-state index < -0.39 is 0 Å². The lowest BCUT2D eigenvalue weighted by Crippen LogP contribution is -2.11. The van der Waals surface area contributed by atoms with Gasteiger partial charge in [-0.25, -0.2) is 0 Å². The van der Waals surface area contributed by atoms with E-state index in [9.17, 15) is 5.11 Å². The second kappa shape index (κ2) is 8.95. The van der Waals surface area contributed by atoms with E-state index in [1.165, 1.54) is 5.56 Å². The molecule has 0 saturated carbocycles. The van der Waals surface area contributed by atoms with Gasteiger partial charge < -0.3 is 14.6 Å². The molecule has 0 heterocycles. The van der Waals surface area contributed by atoms with Gasteiger partial charge in [-0.05, 0) is 49.8 Å². The number of benzene rings is 1. The first kappa shape index (κ1) is 15.0. The van der Waals surface area contributed by atoms with E-state index in [4.69, 9.17) is 9.47 Å². The molecule has 1 atom stereocenters. The molecule has 0 amide bonds.